The van der Waals surface area contributed by atoms with E-state index in [0.717, 1.165) is 23.5 Å². The highest BCUT2D eigenvalue weighted by molar-refractivity contribution is 5.92. The van der Waals surface area contributed by atoms with Crippen LogP contribution in [0.5, 0.6) is 17.4 Å². The van der Waals surface area contributed by atoms with Gasteiger partial charge >= 0.3 is 0 Å². The predicted octanol–water partition coefficient (Wildman–Crippen LogP) is 1.02. The van der Waals surface area contributed by atoms with Crippen molar-refractivity contribution in [1.29, 1.82) is 0 Å². The first-order chi connectivity index (χ1) is 11.2. The van der Waals surface area contributed by atoms with E-state index in [1.54, 1.807) is 17.9 Å². The third-order valence-corrected chi connectivity index (χ3v) is 4.04. The summed E-state index contributed by atoms with van der Waals surface area (Å²) in [6.07, 6.45) is 0.717. The minimum atomic E-state index is -0.207. The zero-order valence-corrected chi connectivity index (χ0v) is 12.7. The Balaban J connectivity index is 1.44. The molecule has 0 radical (unpaired) electrons. The van der Waals surface area contributed by atoms with Crippen LogP contribution in [-0.2, 0) is 13.0 Å². The summed E-state index contributed by atoms with van der Waals surface area (Å²) < 4.78 is 18.0. The van der Waals surface area contributed by atoms with Crippen molar-refractivity contribution in [2.24, 2.45) is 0 Å². The largest absolute Gasteiger partial charge is 0.497 e. The van der Waals surface area contributed by atoms with E-state index in [4.69, 9.17) is 14.2 Å². The van der Waals surface area contributed by atoms with E-state index in [9.17, 15) is 4.79 Å². The summed E-state index contributed by atoms with van der Waals surface area (Å²) in [5, 5.41) is 7.21. The fourth-order valence-corrected chi connectivity index (χ4v) is 2.86. The maximum absolute atomic E-state index is 12.3. The van der Waals surface area contributed by atoms with Gasteiger partial charge in [0.25, 0.3) is 5.91 Å². The first kappa shape index (κ1) is 13.9. The van der Waals surface area contributed by atoms with Crippen LogP contribution < -0.4 is 19.5 Å². The number of carbonyl (C=O) groups is 1. The molecule has 0 saturated carbocycles. The molecule has 3 heterocycles. The Kier molecular flexibility index (Phi) is 3.33. The smallest absolute Gasteiger partial charge is 0.272 e. The van der Waals surface area contributed by atoms with Gasteiger partial charge in [0.1, 0.15) is 24.7 Å². The van der Waals surface area contributed by atoms with Gasteiger partial charge in [0.15, 0.2) is 5.69 Å². The number of carbonyl (C=O) groups excluding carboxylic acids is 1. The van der Waals surface area contributed by atoms with Crippen LogP contribution in [0, 0.1) is 0 Å². The molecule has 0 bridgehead atoms. The van der Waals surface area contributed by atoms with Gasteiger partial charge in [0, 0.05) is 12.1 Å². The molecule has 4 rings (SSSR count). The van der Waals surface area contributed by atoms with Crippen molar-refractivity contribution < 1.29 is 19.0 Å². The lowest BCUT2D eigenvalue weighted by atomic mass is 10.0. The Morgan fingerprint density at radius 3 is 3.13 bits per heavy atom. The molecule has 7 heteroatoms. The second kappa shape index (κ2) is 5.49. The number of ether oxygens (including phenoxy) is 3. The normalized spacial score (nSPS) is 18.4. The number of nitrogens with one attached hydrogen (secondary N) is 1. The average molecular weight is 315 g/mol. The Morgan fingerprint density at radius 1 is 1.39 bits per heavy atom. The molecule has 1 N–H and O–H groups in total. The highest BCUT2D eigenvalue weighted by Crippen LogP contribution is 2.29. The summed E-state index contributed by atoms with van der Waals surface area (Å²) in [6.45, 7) is 1.72. The standard InChI is InChI=1S/C16H17N3O4/c1-21-12-3-2-10-6-11(9-23-14(10)7-12)17-16(20)13-8-15-19(18-13)4-5-22-15/h2-3,7-8,11H,4-6,9H2,1H3,(H,17,20). The quantitative estimate of drug-likeness (QED) is 0.915. The molecule has 1 aromatic heterocycles. The summed E-state index contributed by atoms with van der Waals surface area (Å²) >= 11 is 0. The van der Waals surface area contributed by atoms with E-state index in [2.05, 4.69) is 10.4 Å². The molecule has 120 valence electrons. The van der Waals surface area contributed by atoms with Crippen molar-refractivity contribution in [2.75, 3.05) is 20.3 Å². The maximum atomic E-state index is 12.3. The topological polar surface area (TPSA) is 74.6 Å². The number of aromatic nitrogens is 2. The maximum Gasteiger partial charge on any atom is 0.272 e. The van der Waals surface area contributed by atoms with Gasteiger partial charge in [-0.05, 0) is 18.1 Å². The van der Waals surface area contributed by atoms with Crippen LogP contribution in [0.15, 0.2) is 24.3 Å². The van der Waals surface area contributed by atoms with E-state index in [1.165, 1.54) is 0 Å². The molecule has 2 aliphatic rings. The average Bonchev–Trinajstić information content (AvgIpc) is 3.16. The molecule has 0 saturated heterocycles. The minimum Gasteiger partial charge on any atom is -0.497 e. The summed E-state index contributed by atoms with van der Waals surface area (Å²) in [5.74, 6) is 2.01. The van der Waals surface area contributed by atoms with Crippen LogP contribution in [0.3, 0.4) is 0 Å². The van der Waals surface area contributed by atoms with E-state index in [0.29, 0.717) is 31.3 Å². The highest BCUT2D eigenvalue weighted by Gasteiger charge is 2.25. The van der Waals surface area contributed by atoms with E-state index >= 15 is 0 Å². The molecule has 23 heavy (non-hydrogen) atoms. The van der Waals surface area contributed by atoms with Crippen molar-refractivity contribution in [3.05, 3.63) is 35.5 Å². The lowest BCUT2D eigenvalue weighted by Crippen LogP contribution is -2.42. The Bertz CT molecular complexity index is 734. The minimum absolute atomic E-state index is 0.0825. The number of benzene rings is 1. The van der Waals surface area contributed by atoms with Crippen LogP contribution in [0.1, 0.15) is 16.1 Å². The fraction of sp³-hybridized carbons (Fsp3) is 0.375. The zero-order chi connectivity index (χ0) is 15.8. The van der Waals surface area contributed by atoms with Crippen molar-refractivity contribution >= 4 is 5.91 Å². The van der Waals surface area contributed by atoms with Gasteiger partial charge in [-0.3, -0.25) is 4.79 Å². The first-order valence-corrected chi connectivity index (χ1v) is 7.54. The first-order valence-electron chi connectivity index (χ1n) is 7.54. The van der Waals surface area contributed by atoms with Gasteiger partial charge in [-0.2, -0.15) is 5.10 Å². The fourth-order valence-electron chi connectivity index (χ4n) is 2.86. The molecule has 1 amide bonds. The van der Waals surface area contributed by atoms with Crippen LogP contribution in [0.25, 0.3) is 0 Å². The van der Waals surface area contributed by atoms with Crippen molar-refractivity contribution in [1.82, 2.24) is 15.1 Å². The monoisotopic (exact) mass is 315 g/mol. The number of nitrogens with zero attached hydrogens (tertiary/aromatic N) is 2. The SMILES string of the molecule is COc1ccc2c(c1)OCC(NC(=O)c1cc3n(n1)CCO3)C2. The number of rotatable bonds is 3. The number of hydrogen-bond donors (Lipinski definition) is 1. The molecule has 0 spiro atoms. The summed E-state index contributed by atoms with van der Waals surface area (Å²) in [7, 11) is 1.62. The zero-order valence-electron chi connectivity index (χ0n) is 12.7. The molecule has 0 aliphatic carbocycles. The summed E-state index contributed by atoms with van der Waals surface area (Å²) in [4.78, 5) is 12.3. The second-order valence-electron chi connectivity index (χ2n) is 5.60. The third-order valence-electron chi connectivity index (χ3n) is 4.04. The lowest BCUT2D eigenvalue weighted by Gasteiger charge is -2.26. The molecule has 7 nitrogen and oxygen atoms in total. The second-order valence-corrected chi connectivity index (χ2v) is 5.60. The van der Waals surface area contributed by atoms with Crippen molar-refractivity contribution in [3.63, 3.8) is 0 Å². The summed E-state index contributed by atoms with van der Waals surface area (Å²) in [5.41, 5.74) is 1.43. The van der Waals surface area contributed by atoms with Crippen LogP contribution in [-0.4, -0.2) is 42.1 Å². The Morgan fingerprint density at radius 2 is 2.30 bits per heavy atom. The Hall–Kier alpha value is -2.70. The van der Waals surface area contributed by atoms with Crippen LogP contribution in [0.2, 0.25) is 0 Å². The number of methoxy groups -OCH3 is 1. The number of amides is 1. The highest BCUT2D eigenvalue weighted by atomic mass is 16.5. The molecular formula is C16H17N3O4. The third kappa shape index (κ3) is 2.58. The van der Waals surface area contributed by atoms with Gasteiger partial charge in [-0.1, -0.05) is 6.07 Å². The van der Waals surface area contributed by atoms with Crippen LogP contribution >= 0.6 is 0 Å². The molecule has 1 aromatic carbocycles. The van der Waals surface area contributed by atoms with Gasteiger partial charge in [0.2, 0.25) is 5.88 Å². The molecule has 2 aromatic rings. The molecule has 2 aliphatic heterocycles. The van der Waals surface area contributed by atoms with Gasteiger partial charge in [0.05, 0.1) is 19.7 Å². The van der Waals surface area contributed by atoms with Crippen LogP contribution in [0.4, 0.5) is 0 Å². The molecule has 0 fully saturated rings. The summed E-state index contributed by atoms with van der Waals surface area (Å²) in [6, 6.07) is 7.31. The van der Waals surface area contributed by atoms with Gasteiger partial charge < -0.3 is 19.5 Å². The lowest BCUT2D eigenvalue weighted by molar-refractivity contribution is 0.0909. The molecule has 1 unspecified atom stereocenters. The number of fused-ring (bicyclic) bond motifs is 2. The van der Waals surface area contributed by atoms with E-state index in [-0.39, 0.29) is 11.9 Å². The molecule has 1 atom stereocenters. The van der Waals surface area contributed by atoms with Crippen molar-refractivity contribution in [2.45, 2.75) is 19.0 Å². The molecular weight excluding hydrogens is 298 g/mol. The van der Waals surface area contributed by atoms with E-state index in [1.807, 2.05) is 18.2 Å². The van der Waals surface area contributed by atoms with Gasteiger partial charge in [-0.25, -0.2) is 4.68 Å². The predicted molar refractivity (Wildman–Crippen MR) is 81.2 cm³/mol. The van der Waals surface area contributed by atoms with Crippen molar-refractivity contribution in [3.8, 4) is 17.4 Å². The number of hydrogen-bond acceptors (Lipinski definition) is 5. The van der Waals surface area contributed by atoms with E-state index < -0.39 is 0 Å². The Labute approximate surface area is 133 Å². The van der Waals surface area contributed by atoms with Gasteiger partial charge in [-0.15, -0.1) is 0 Å².